The van der Waals surface area contributed by atoms with Gasteiger partial charge in [0.25, 0.3) is 0 Å². The van der Waals surface area contributed by atoms with E-state index in [2.05, 4.69) is 5.32 Å². The molecule has 2 aliphatic carbocycles. The summed E-state index contributed by atoms with van der Waals surface area (Å²) in [4.78, 5) is 38.0. The minimum absolute atomic E-state index is 0.0909. The summed E-state index contributed by atoms with van der Waals surface area (Å²) in [6.07, 6.45) is 7.20. The molecule has 0 aromatic heterocycles. The van der Waals surface area contributed by atoms with Crippen LogP contribution in [0.1, 0.15) is 56.9 Å². The minimum Gasteiger partial charge on any atom is -0.480 e. The standard InChI is InChI=1S/C22H30N2O4/c25-20(26)15-24(14-16-6-2-1-3-7-16)22(28)18-10-12-19(13-11-18)23-21(27)17-8-4-5-9-17/h1-3,6-7,17-19H,4-5,8-15H2,(H,23,27)(H,25,26). The van der Waals surface area contributed by atoms with Crippen molar-refractivity contribution in [2.75, 3.05) is 6.54 Å². The summed E-state index contributed by atoms with van der Waals surface area (Å²) in [7, 11) is 0. The normalized spacial score (nSPS) is 22.6. The summed E-state index contributed by atoms with van der Waals surface area (Å²) < 4.78 is 0. The third kappa shape index (κ3) is 5.57. The average Bonchev–Trinajstić information content (AvgIpc) is 3.23. The highest BCUT2D eigenvalue weighted by molar-refractivity contribution is 5.83. The second-order valence-electron chi connectivity index (χ2n) is 8.11. The lowest BCUT2D eigenvalue weighted by Gasteiger charge is -2.32. The number of carboxylic acids is 1. The fourth-order valence-corrected chi connectivity index (χ4v) is 4.43. The van der Waals surface area contributed by atoms with Gasteiger partial charge in [-0.15, -0.1) is 0 Å². The number of carbonyl (C=O) groups is 3. The molecule has 0 spiro atoms. The predicted molar refractivity (Wildman–Crippen MR) is 105 cm³/mol. The molecule has 2 amide bonds. The SMILES string of the molecule is O=C(O)CN(Cc1ccccc1)C(=O)C1CCC(NC(=O)C2CCCC2)CC1. The van der Waals surface area contributed by atoms with Crippen molar-refractivity contribution in [1.29, 1.82) is 0 Å². The highest BCUT2D eigenvalue weighted by Crippen LogP contribution is 2.29. The maximum Gasteiger partial charge on any atom is 0.323 e. The molecule has 2 N–H and O–H groups in total. The molecule has 3 rings (SSSR count). The van der Waals surface area contributed by atoms with Crippen molar-refractivity contribution in [1.82, 2.24) is 10.2 Å². The largest absolute Gasteiger partial charge is 0.480 e. The second kappa shape index (κ2) is 9.71. The van der Waals surface area contributed by atoms with Crippen LogP contribution >= 0.6 is 0 Å². The van der Waals surface area contributed by atoms with Crippen LogP contribution in [0.5, 0.6) is 0 Å². The number of nitrogens with zero attached hydrogens (tertiary/aromatic N) is 1. The highest BCUT2D eigenvalue weighted by Gasteiger charge is 2.32. The molecule has 2 saturated carbocycles. The molecular weight excluding hydrogens is 356 g/mol. The van der Waals surface area contributed by atoms with Crippen LogP contribution in [0.4, 0.5) is 0 Å². The van der Waals surface area contributed by atoms with Crippen LogP contribution in [-0.2, 0) is 20.9 Å². The van der Waals surface area contributed by atoms with E-state index in [1.54, 1.807) is 0 Å². The van der Waals surface area contributed by atoms with Crippen molar-refractivity contribution in [3.63, 3.8) is 0 Å². The third-order valence-electron chi connectivity index (χ3n) is 6.00. The summed E-state index contributed by atoms with van der Waals surface area (Å²) >= 11 is 0. The van der Waals surface area contributed by atoms with E-state index in [1.807, 2.05) is 30.3 Å². The Balaban J connectivity index is 1.52. The van der Waals surface area contributed by atoms with Gasteiger partial charge in [0.2, 0.25) is 11.8 Å². The maximum atomic E-state index is 13.0. The van der Waals surface area contributed by atoms with Crippen LogP contribution in [0.3, 0.4) is 0 Å². The molecule has 0 saturated heterocycles. The maximum absolute atomic E-state index is 13.0. The molecule has 28 heavy (non-hydrogen) atoms. The molecule has 6 heteroatoms. The Morgan fingerprint density at radius 1 is 0.929 bits per heavy atom. The molecule has 1 aromatic carbocycles. The minimum atomic E-state index is -0.998. The highest BCUT2D eigenvalue weighted by atomic mass is 16.4. The van der Waals surface area contributed by atoms with Crippen molar-refractivity contribution in [3.05, 3.63) is 35.9 Å². The Labute approximate surface area is 166 Å². The van der Waals surface area contributed by atoms with Crippen molar-refractivity contribution in [2.24, 2.45) is 11.8 Å². The first-order valence-corrected chi connectivity index (χ1v) is 10.4. The van der Waals surface area contributed by atoms with Gasteiger partial charge in [0, 0.05) is 24.4 Å². The van der Waals surface area contributed by atoms with Gasteiger partial charge in [-0.2, -0.15) is 0 Å². The number of amides is 2. The van der Waals surface area contributed by atoms with E-state index in [0.29, 0.717) is 19.4 Å². The zero-order valence-electron chi connectivity index (χ0n) is 16.3. The molecule has 2 fully saturated rings. The van der Waals surface area contributed by atoms with Gasteiger partial charge in [-0.25, -0.2) is 0 Å². The Bertz CT molecular complexity index is 677. The van der Waals surface area contributed by atoms with E-state index in [9.17, 15) is 19.5 Å². The first kappa shape index (κ1) is 20.4. The summed E-state index contributed by atoms with van der Waals surface area (Å²) in [5.41, 5.74) is 0.926. The first-order chi connectivity index (χ1) is 13.5. The van der Waals surface area contributed by atoms with Crippen LogP contribution in [-0.4, -0.2) is 40.4 Å². The summed E-state index contributed by atoms with van der Waals surface area (Å²) in [6.45, 7) is 0.0242. The topological polar surface area (TPSA) is 86.7 Å². The number of nitrogens with one attached hydrogen (secondary N) is 1. The van der Waals surface area contributed by atoms with Crippen LogP contribution in [0.15, 0.2) is 30.3 Å². The molecule has 0 bridgehead atoms. The van der Waals surface area contributed by atoms with Gasteiger partial charge in [0.15, 0.2) is 0 Å². The van der Waals surface area contributed by atoms with E-state index in [1.165, 1.54) is 4.90 Å². The number of carbonyl (C=O) groups excluding carboxylic acids is 2. The van der Waals surface area contributed by atoms with Gasteiger partial charge in [-0.1, -0.05) is 43.2 Å². The van der Waals surface area contributed by atoms with Gasteiger partial charge in [-0.3, -0.25) is 14.4 Å². The number of carboxylic acid groups (broad SMARTS) is 1. The van der Waals surface area contributed by atoms with E-state index in [0.717, 1.165) is 44.1 Å². The number of hydrogen-bond acceptors (Lipinski definition) is 3. The molecule has 0 radical (unpaired) electrons. The van der Waals surface area contributed by atoms with Crippen LogP contribution < -0.4 is 5.32 Å². The molecule has 152 valence electrons. The summed E-state index contributed by atoms with van der Waals surface area (Å²) in [6, 6.07) is 9.61. The fourth-order valence-electron chi connectivity index (χ4n) is 4.43. The van der Waals surface area contributed by atoms with E-state index >= 15 is 0 Å². The Morgan fingerprint density at radius 2 is 1.57 bits per heavy atom. The predicted octanol–water partition coefficient (Wildman–Crippen LogP) is 2.97. The Kier molecular flexibility index (Phi) is 7.06. The summed E-state index contributed by atoms with van der Waals surface area (Å²) in [5, 5.41) is 12.4. The second-order valence-corrected chi connectivity index (χ2v) is 8.11. The first-order valence-electron chi connectivity index (χ1n) is 10.4. The molecule has 0 aliphatic heterocycles. The molecule has 2 aliphatic rings. The number of rotatable bonds is 7. The van der Waals surface area contributed by atoms with Gasteiger partial charge in [0.05, 0.1) is 0 Å². The monoisotopic (exact) mass is 386 g/mol. The lowest BCUT2D eigenvalue weighted by Crippen LogP contribution is -2.44. The molecule has 6 nitrogen and oxygen atoms in total. The molecule has 0 heterocycles. The van der Waals surface area contributed by atoms with Gasteiger partial charge in [0.1, 0.15) is 6.54 Å². The zero-order valence-corrected chi connectivity index (χ0v) is 16.3. The van der Waals surface area contributed by atoms with E-state index < -0.39 is 5.97 Å². The smallest absolute Gasteiger partial charge is 0.323 e. The Morgan fingerprint density at radius 3 is 2.18 bits per heavy atom. The number of benzene rings is 1. The van der Waals surface area contributed by atoms with Crippen molar-refractivity contribution in [3.8, 4) is 0 Å². The molecule has 1 aromatic rings. The zero-order chi connectivity index (χ0) is 19.9. The van der Waals surface area contributed by atoms with Crippen molar-refractivity contribution in [2.45, 2.75) is 64.0 Å². The van der Waals surface area contributed by atoms with Crippen molar-refractivity contribution >= 4 is 17.8 Å². The van der Waals surface area contributed by atoms with Gasteiger partial charge >= 0.3 is 5.97 Å². The molecular formula is C22H30N2O4. The lowest BCUT2D eigenvalue weighted by atomic mass is 9.84. The molecule has 0 atom stereocenters. The fraction of sp³-hybridized carbons (Fsp3) is 0.591. The lowest BCUT2D eigenvalue weighted by molar-refractivity contribution is -0.147. The van der Waals surface area contributed by atoms with Crippen molar-refractivity contribution < 1.29 is 19.5 Å². The van der Waals surface area contributed by atoms with Crippen LogP contribution in [0.25, 0.3) is 0 Å². The number of hydrogen-bond donors (Lipinski definition) is 2. The van der Waals surface area contributed by atoms with E-state index in [-0.39, 0.29) is 36.2 Å². The average molecular weight is 386 g/mol. The summed E-state index contributed by atoms with van der Waals surface area (Å²) in [5.74, 6) is -0.920. The van der Waals surface area contributed by atoms with Crippen LogP contribution in [0.2, 0.25) is 0 Å². The van der Waals surface area contributed by atoms with E-state index in [4.69, 9.17) is 0 Å². The third-order valence-corrected chi connectivity index (χ3v) is 6.00. The molecule has 0 unspecified atom stereocenters. The van der Waals surface area contributed by atoms with Gasteiger partial charge in [-0.05, 0) is 44.1 Å². The van der Waals surface area contributed by atoms with Crippen LogP contribution in [0, 0.1) is 11.8 Å². The Hall–Kier alpha value is -2.37. The number of aliphatic carboxylic acids is 1. The van der Waals surface area contributed by atoms with Gasteiger partial charge < -0.3 is 15.3 Å². The quantitative estimate of drug-likeness (QED) is 0.754.